The highest BCUT2D eigenvalue weighted by Crippen LogP contribution is 2.22. The van der Waals surface area contributed by atoms with Crippen molar-refractivity contribution in [3.63, 3.8) is 0 Å². The minimum absolute atomic E-state index is 0.144. The van der Waals surface area contributed by atoms with E-state index in [0.29, 0.717) is 17.9 Å². The summed E-state index contributed by atoms with van der Waals surface area (Å²) in [7, 11) is 0. The lowest BCUT2D eigenvalue weighted by molar-refractivity contribution is 0.337. The van der Waals surface area contributed by atoms with E-state index in [2.05, 4.69) is 10.5 Å². The second-order valence-corrected chi connectivity index (χ2v) is 4.39. The Morgan fingerprint density at radius 1 is 1.25 bits per heavy atom. The van der Waals surface area contributed by atoms with Gasteiger partial charge < -0.3 is 9.84 Å². The highest BCUT2D eigenvalue weighted by atomic mass is 16.5. The predicted molar refractivity (Wildman–Crippen MR) is 81.7 cm³/mol. The zero-order valence-corrected chi connectivity index (χ0v) is 11.6. The molecule has 0 aliphatic carbocycles. The third-order valence-electron chi connectivity index (χ3n) is 2.73. The maximum Gasteiger partial charge on any atom is 0.128 e. The topological polar surface area (TPSA) is 53.8 Å². The summed E-state index contributed by atoms with van der Waals surface area (Å²) in [6.45, 7) is 4.49. The van der Waals surface area contributed by atoms with Gasteiger partial charge in [-0.3, -0.25) is 5.43 Å². The van der Waals surface area contributed by atoms with Crippen LogP contribution in [-0.4, -0.2) is 17.9 Å². The van der Waals surface area contributed by atoms with E-state index in [1.807, 2.05) is 38.1 Å². The van der Waals surface area contributed by atoms with Crippen LogP contribution >= 0.6 is 0 Å². The molecule has 2 aromatic carbocycles. The lowest BCUT2D eigenvalue weighted by Gasteiger charge is -2.05. The molecular weight excluding hydrogens is 252 g/mol. The number of aryl methyl sites for hydroxylation is 1. The van der Waals surface area contributed by atoms with Crippen LogP contribution in [0.5, 0.6) is 11.5 Å². The van der Waals surface area contributed by atoms with Gasteiger partial charge in [-0.1, -0.05) is 12.1 Å². The van der Waals surface area contributed by atoms with E-state index in [1.165, 1.54) is 0 Å². The van der Waals surface area contributed by atoms with Gasteiger partial charge in [-0.2, -0.15) is 5.10 Å². The molecule has 0 saturated heterocycles. The molecule has 0 aromatic heterocycles. The maximum atomic E-state index is 9.86. The SMILES string of the molecule is CCOc1ccc(C=NNc2cccc(C)c2)c(O)c1. The molecule has 0 spiro atoms. The summed E-state index contributed by atoms with van der Waals surface area (Å²) < 4.78 is 5.31. The number of nitrogens with one attached hydrogen (secondary N) is 1. The standard InChI is InChI=1S/C16H18N2O2/c1-3-20-15-8-7-13(16(19)10-15)11-17-18-14-6-4-5-12(2)9-14/h4-11,18-19H,3H2,1-2H3. The predicted octanol–water partition coefficient (Wildman–Crippen LogP) is 3.55. The van der Waals surface area contributed by atoms with Gasteiger partial charge in [0.2, 0.25) is 0 Å². The summed E-state index contributed by atoms with van der Waals surface area (Å²) in [6.07, 6.45) is 1.58. The van der Waals surface area contributed by atoms with Crippen LogP contribution in [0.4, 0.5) is 5.69 Å². The number of hydrazone groups is 1. The van der Waals surface area contributed by atoms with E-state index in [0.717, 1.165) is 11.3 Å². The first-order valence-corrected chi connectivity index (χ1v) is 6.50. The van der Waals surface area contributed by atoms with Gasteiger partial charge >= 0.3 is 0 Å². The zero-order chi connectivity index (χ0) is 14.4. The molecular formula is C16H18N2O2. The summed E-state index contributed by atoms with van der Waals surface area (Å²) in [5, 5.41) is 14.0. The first kappa shape index (κ1) is 13.9. The van der Waals surface area contributed by atoms with Gasteiger partial charge in [-0.05, 0) is 43.7 Å². The third kappa shape index (κ3) is 3.75. The van der Waals surface area contributed by atoms with Crippen LogP contribution in [0, 0.1) is 6.92 Å². The third-order valence-corrected chi connectivity index (χ3v) is 2.73. The van der Waals surface area contributed by atoms with Crippen molar-refractivity contribution in [2.24, 2.45) is 5.10 Å². The molecule has 0 atom stereocenters. The van der Waals surface area contributed by atoms with Crippen LogP contribution < -0.4 is 10.2 Å². The summed E-state index contributed by atoms with van der Waals surface area (Å²) >= 11 is 0. The molecule has 0 saturated carbocycles. The second kappa shape index (κ2) is 6.61. The Hall–Kier alpha value is -2.49. The van der Waals surface area contributed by atoms with Crippen molar-refractivity contribution in [1.29, 1.82) is 0 Å². The van der Waals surface area contributed by atoms with Crippen molar-refractivity contribution in [3.8, 4) is 11.5 Å². The minimum Gasteiger partial charge on any atom is -0.507 e. The average molecular weight is 270 g/mol. The van der Waals surface area contributed by atoms with Crippen LogP contribution in [0.15, 0.2) is 47.6 Å². The molecule has 104 valence electrons. The summed E-state index contributed by atoms with van der Waals surface area (Å²) in [5.41, 5.74) is 5.63. The summed E-state index contributed by atoms with van der Waals surface area (Å²) in [5.74, 6) is 0.791. The molecule has 2 aromatic rings. The van der Waals surface area contributed by atoms with E-state index in [1.54, 1.807) is 24.4 Å². The van der Waals surface area contributed by atoms with Gasteiger partial charge in [0.15, 0.2) is 0 Å². The molecule has 0 radical (unpaired) electrons. The Morgan fingerprint density at radius 3 is 2.80 bits per heavy atom. The Morgan fingerprint density at radius 2 is 2.10 bits per heavy atom. The Balaban J connectivity index is 2.04. The van der Waals surface area contributed by atoms with Gasteiger partial charge in [0.05, 0.1) is 18.5 Å². The molecule has 0 aliphatic rings. The smallest absolute Gasteiger partial charge is 0.128 e. The molecule has 2 N–H and O–H groups in total. The largest absolute Gasteiger partial charge is 0.507 e. The van der Waals surface area contributed by atoms with E-state index in [-0.39, 0.29) is 5.75 Å². The highest BCUT2D eigenvalue weighted by Gasteiger charge is 2.00. The monoisotopic (exact) mass is 270 g/mol. The number of rotatable bonds is 5. The Kier molecular flexibility index (Phi) is 4.60. The number of benzene rings is 2. The van der Waals surface area contributed by atoms with Crippen molar-refractivity contribution >= 4 is 11.9 Å². The number of hydrogen-bond acceptors (Lipinski definition) is 4. The number of hydrogen-bond donors (Lipinski definition) is 2. The molecule has 4 heteroatoms. The second-order valence-electron chi connectivity index (χ2n) is 4.39. The fourth-order valence-electron chi connectivity index (χ4n) is 1.78. The summed E-state index contributed by atoms with van der Waals surface area (Å²) in [6, 6.07) is 13.1. The number of phenolic OH excluding ortho intramolecular Hbond substituents is 1. The van der Waals surface area contributed by atoms with Gasteiger partial charge in [0.1, 0.15) is 11.5 Å². The molecule has 0 amide bonds. The minimum atomic E-state index is 0.144. The quantitative estimate of drug-likeness (QED) is 0.645. The molecule has 2 rings (SSSR count). The first-order chi connectivity index (χ1) is 9.69. The number of phenols is 1. The fourth-order valence-corrected chi connectivity index (χ4v) is 1.78. The maximum absolute atomic E-state index is 9.86. The number of nitrogens with zero attached hydrogens (tertiary/aromatic N) is 1. The fraction of sp³-hybridized carbons (Fsp3) is 0.188. The van der Waals surface area contributed by atoms with E-state index in [9.17, 15) is 5.11 Å². The molecule has 0 heterocycles. The van der Waals surface area contributed by atoms with E-state index >= 15 is 0 Å². The van der Waals surface area contributed by atoms with Gasteiger partial charge in [0, 0.05) is 11.6 Å². The Labute approximate surface area is 118 Å². The highest BCUT2D eigenvalue weighted by molar-refractivity contribution is 5.84. The normalized spacial score (nSPS) is 10.7. The van der Waals surface area contributed by atoms with Crippen molar-refractivity contribution in [2.45, 2.75) is 13.8 Å². The Bertz CT molecular complexity index is 609. The van der Waals surface area contributed by atoms with E-state index < -0.39 is 0 Å². The molecule has 0 bridgehead atoms. The van der Waals surface area contributed by atoms with Gasteiger partial charge in [-0.15, -0.1) is 0 Å². The summed E-state index contributed by atoms with van der Waals surface area (Å²) in [4.78, 5) is 0. The molecule has 0 unspecified atom stereocenters. The van der Waals surface area contributed by atoms with Crippen LogP contribution in [0.2, 0.25) is 0 Å². The molecule has 0 aliphatic heterocycles. The lowest BCUT2D eigenvalue weighted by atomic mass is 10.2. The van der Waals surface area contributed by atoms with Crippen molar-refractivity contribution in [3.05, 3.63) is 53.6 Å². The number of aromatic hydroxyl groups is 1. The van der Waals surface area contributed by atoms with Gasteiger partial charge in [-0.25, -0.2) is 0 Å². The van der Waals surface area contributed by atoms with Crippen LogP contribution in [-0.2, 0) is 0 Å². The van der Waals surface area contributed by atoms with Crippen LogP contribution in [0.25, 0.3) is 0 Å². The number of ether oxygens (including phenoxy) is 1. The van der Waals surface area contributed by atoms with Crippen LogP contribution in [0.1, 0.15) is 18.1 Å². The van der Waals surface area contributed by atoms with Gasteiger partial charge in [0.25, 0.3) is 0 Å². The van der Waals surface area contributed by atoms with Crippen LogP contribution in [0.3, 0.4) is 0 Å². The van der Waals surface area contributed by atoms with Crippen molar-refractivity contribution in [2.75, 3.05) is 12.0 Å². The first-order valence-electron chi connectivity index (χ1n) is 6.50. The van der Waals surface area contributed by atoms with E-state index in [4.69, 9.17) is 4.74 Å². The molecule has 20 heavy (non-hydrogen) atoms. The average Bonchev–Trinajstić information content (AvgIpc) is 2.42. The zero-order valence-electron chi connectivity index (χ0n) is 11.6. The van der Waals surface area contributed by atoms with Crippen molar-refractivity contribution < 1.29 is 9.84 Å². The van der Waals surface area contributed by atoms with Crippen molar-refractivity contribution in [1.82, 2.24) is 0 Å². The molecule has 0 fully saturated rings. The number of anilines is 1. The lowest BCUT2D eigenvalue weighted by Crippen LogP contribution is -1.93. The molecule has 4 nitrogen and oxygen atoms in total.